The summed E-state index contributed by atoms with van der Waals surface area (Å²) in [6, 6.07) is 2.80. The van der Waals surface area contributed by atoms with Crippen molar-refractivity contribution in [2.45, 2.75) is 52.7 Å². The number of hydrogen-bond acceptors (Lipinski definition) is 4. The van der Waals surface area contributed by atoms with E-state index in [1.165, 1.54) is 18.3 Å². The van der Waals surface area contributed by atoms with Gasteiger partial charge < -0.3 is 14.7 Å². The molecule has 0 radical (unpaired) electrons. The van der Waals surface area contributed by atoms with Crippen molar-refractivity contribution in [3.05, 3.63) is 29.6 Å². The number of carbonyl (C=O) groups excluding carboxylic acids is 1. The Morgan fingerprint density at radius 3 is 2.67 bits per heavy atom. The molecule has 132 valence electrons. The van der Waals surface area contributed by atoms with Gasteiger partial charge in [0.15, 0.2) is 0 Å². The first-order valence-electron chi connectivity index (χ1n) is 8.44. The van der Waals surface area contributed by atoms with Gasteiger partial charge in [-0.2, -0.15) is 0 Å². The minimum atomic E-state index is -1.06. The SMILES string of the molecule is CCCN(C(=O)c1cc(C(=O)O)ccn1)C1CC(OCC)C1(C)C. The van der Waals surface area contributed by atoms with Crippen LogP contribution in [0.25, 0.3) is 0 Å². The number of ether oxygens (including phenoxy) is 1. The minimum Gasteiger partial charge on any atom is -0.478 e. The molecule has 1 amide bonds. The molecular weight excluding hydrogens is 308 g/mol. The lowest BCUT2D eigenvalue weighted by Crippen LogP contribution is -2.63. The average Bonchev–Trinajstić information content (AvgIpc) is 2.56. The number of carboxylic acid groups (broad SMARTS) is 1. The lowest BCUT2D eigenvalue weighted by Gasteiger charge is -2.55. The number of carbonyl (C=O) groups is 2. The van der Waals surface area contributed by atoms with Crippen LogP contribution in [-0.4, -0.2) is 52.2 Å². The molecular formula is C18H26N2O4. The van der Waals surface area contributed by atoms with Crippen molar-refractivity contribution >= 4 is 11.9 Å². The van der Waals surface area contributed by atoms with Crippen molar-refractivity contribution in [1.82, 2.24) is 9.88 Å². The van der Waals surface area contributed by atoms with Gasteiger partial charge >= 0.3 is 5.97 Å². The van der Waals surface area contributed by atoms with Crippen LogP contribution in [0.5, 0.6) is 0 Å². The van der Waals surface area contributed by atoms with Crippen molar-refractivity contribution in [2.24, 2.45) is 5.41 Å². The topological polar surface area (TPSA) is 79.7 Å². The summed E-state index contributed by atoms with van der Waals surface area (Å²) in [6.45, 7) is 9.49. The highest BCUT2D eigenvalue weighted by atomic mass is 16.5. The van der Waals surface area contributed by atoms with Crippen LogP contribution >= 0.6 is 0 Å². The van der Waals surface area contributed by atoms with Crippen molar-refractivity contribution in [1.29, 1.82) is 0 Å². The third kappa shape index (κ3) is 3.43. The predicted molar refractivity (Wildman–Crippen MR) is 90.1 cm³/mol. The van der Waals surface area contributed by atoms with Crippen molar-refractivity contribution in [3.8, 4) is 0 Å². The molecule has 6 heteroatoms. The average molecular weight is 334 g/mol. The molecule has 1 aliphatic rings. The Hall–Kier alpha value is -1.95. The van der Waals surface area contributed by atoms with Crippen LogP contribution < -0.4 is 0 Å². The standard InChI is InChI=1S/C18H26N2O4/c1-5-9-20(14-11-15(24-6-2)18(14,3)4)16(21)13-10-12(17(22)23)7-8-19-13/h7-8,10,14-15H,5-6,9,11H2,1-4H3,(H,22,23). The summed E-state index contributed by atoms with van der Waals surface area (Å²) in [5, 5.41) is 9.11. The second-order valence-electron chi connectivity index (χ2n) is 6.75. The number of aromatic nitrogens is 1. The molecule has 1 heterocycles. The fourth-order valence-electron chi connectivity index (χ4n) is 3.34. The molecule has 1 aromatic rings. The van der Waals surface area contributed by atoms with E-state index in [2.05, 4.69) is 18.8 Å². The van der Waals surface area contributed by atoms with E-state index in [0.29, 0.717) is 13.2 Å². The van der Waals surface area contributed by atoms with Crippen LogP contribution in [0.1, 0.15) is 61.4 Å². The van der Waals surface area contributed by atoms with Gasteiger partial charge in [0.05, 0.1) is 11.7 Å². The zero-order valence-electron chi connectivity index (χ0n) is 14.8. The summed E-state index contributed by atoms with van der Waals surface area (Å²) in [4.78, 5) is 30.0. The number of nitrogens with zero attached hydrogens (tertiary/aromatic N) is 2. The zero-order chi connectivity index (χ0) is 17.9. The quantitative estimate of drug-likeness (QED) is 0.829. The van der Waals surface area contributed by atoms with Crippen molar-refractivity contribution < 1.29 is 19.4 Å². The van der Waals surface area contributed by atoms with Crippen LogP contribution in [0.4, 0.5) is 0 Å². The van der Waals surface area contributed by atoms with Gasteiger partial charge in [0, 0.05) is 30.8 Å². The van der Waals surface area contributed by atoms with Gasteiger partial charge in [-0.15, -0.1) is 0 Å². The van der Waals surface area contributed by atoms with Gasteiger partial charge in [0.1, 0.15) is 5.69 Å². The molecule has 1 fully saturated rings. The highest BCUT2D eigenvalue weighted by Gasteiger charge is 2.52. The van der Waals surface area contributed by atoms with E-state index >= 15 is 0 Å². The maximum absolute atomic E-state index is 12.9. The highest BCUT2D eigenvalue weighted by Crippen LogP contribution is 2.46. The van der Waals surface area contributed by atoms with Gasteiger partial charge in [-0.3, -0.25) is 9.78 Å². The Morgan fingerprint density at radius 1 is 1.42 bits per heavy atom. The molecule has 1 saturated carbocycles. The monoisotopic (exact) mass is 334 g/mol. The maximum Gasteiger partial charge on any atom is 0.335 e. The predicted octanol–water partition coefficient (Wildman–Crippen LogP) is 2.84. The van der Waals surface area contributed by atoms with E-state index in [1.807, 2.05) is 18.7 Å². The summed E-state index contributed by atoms with van der Waals surface area (Å²) in [5.41, 5.74) is 0.120. The number of carboxylic acids is 1. The van der Waals surface area contributed by atoms with Crippen LogP contribution in [-0.2, 0) is 4.74 Å². The smallest absolute Gasteiger partial charge is 0.335 e. The molecule has 0 aromatic carbocycles. The summed E-state index contributed by atoms with van der Waals surface area (Å²) in [5.74, 6) is -1.28. The molecule has 0 aliphatic heterocycles. The molecule has 1 aromatic heterocycles. The van der Waals surface area contributed by atoms with Crippen LogP contribution in [0.2, 0.25) is 0 Å². The molecule has 2 rings (SSSR count). The summed E-state index contributed by atoms with van der Waals surface area (Å²) < 4.78 is 5.76. The third-order valence-corrected chi connectivity index (χ3v) is 4.82. The molecule has 2 unspecified atom stereocenters. The zero-order valence-corrected chi connectivity index (χ0v) is 14.8. The number of aromatic carboxylic acids is 1. The first kappa shape index (κ1) is 18.4. The Morgan fingerprint density at radius 2 is 2.12 bits per heavy atom. The van der Waals surface area contributed by atoms with E-state index in [4.69, 9.17) is 9.84 Å². The normalized spacial score (nSPS) is 21.8. The van der Waals surface area contributed by atoms with Crippen LogP contribution in [0, 0.1) is 5.41 Å². The molecule has 1 N–H and O–H groups in total. The summed E-state index contributed by atoms with van der Waals surface area (Å²) in [7, 11) is 0. The van der Waals surface area contributed by atoms with E-state index in [9.17, 15) is 9.59 Å². The fraction of sp³-hybridized carbons (Fsp3) is 0.611. The molecule has 24 heavy (non-hydrogen) atoms. The molecule has 6 nitrogen and oxygen atoms in total. The van der Waals surface area contributed by atoms with Crippen molar-refractivity contribution in [3.63, 3.8) is 0 Å². The van der Waals surface area contributed by atoms with Gasteiger partial charge in [-0.1, -0.05) is 20.8 Å². The largest absolute Gasteiger partial charge is 0.478 e. The molecule has 0 spiro atoms. The fourth-order valence-corrected chi connectivity index (χ4v) is 3.34. The first-order valence-corrected chi connectivity index (χ1v) is 8.44. The number of pyridine rings is 1. The Kier molecular flexibility index (Phi) is 5.59. The minimum absolute atomic E-state index is 0.0665. The van der Waals surface area contributed by atoms with Crippen LogP contribution in [0.15, 0.2) is 18.3 Å². The van der Waals surface area contributed by atoms with Gasteiger partial charge in [-0.25, -0.2) is 4.79 Å². The second kappa shape index (κ2) is 7.30. The first-order chi connectivity index (χ1) is 11.3. The van der Waals surface area contributed by atoms with Crippen molar-refractivity contribution in [2.75, 3.05) is 13.2 Å². The maximum atomic E-state index is 12.9. The molecule has 0 saturated heterocycles. The molecule has 2 atom stereocenters. The van der Waals surface area contributed by atoms with E-state index in [0.717, 1.165) is 12.8 Å². The number of hydrogen-bond donors (Lipinski definition) is 1. The number of rotatable bonds is 7. The Bertz CT molecular complexity index is 615. The van der Waals surface area contributed by atoms with Crippen LogP contribution in [0.3, 0.4) is 0 Å². The molecule has 1 aliphatic carbocycles. The van der Waals surface area contributed by atoms with Gasteiger partial charge in [0.2, 0.25) is 0 Å². The Balaban J connectivity index is 2.23. The third-order valence-electron chi connectivity index (χ3n) is 4.82. The van der Waals surface area contributed by atoms with E-state index in [1.54, 1.807) is 0 Å². The highest BCUT2D eigenvalue weighted by molar-refractivity contribution is 5.96. The Labute approximate surface area is 142 Å². The summed E-state index contributed by atoms with van der Waals surface area (Å²) in [6.07, 6.45) is 3.13. The van der Waals surface area contributed by atoms with E-state index in [-0.39, 0.29) is 34.7 Å². The summed E-state index contributed by atoms with van der Waals surface area (Å²) >= 11 is 0. The lowest BCUT2D eigenvalue weighted by molar-refractivity contribution is -0.140. The number of amides is 1. The molecule has 0 bridgehead atoms. The van der Waals surface area contributed by atoms with Gasteiger partial charge in [0.25, 0.3) is 5.91 Å². The second-order valence-corrected chi connectivity index (χ2v) is 6.75. The van der Waals surface area contributed by atoms with E-state index < -0.39 is 5.97 Å². The van der Waals surface area contributed by atoms with Gasteiger partial charge in [-0.05, 0) is 31.9 Å². The lowest BCUT2D eigenvalue weighted by atomic mass is 9.63.